The van der Waals surface area contributed by atoms with E-state index >= 15 is 0 Å². The highest BCUT2D eigenvalue weighted by molar-refractivity contribution is 7.99. The van der Waals surface area contributed by atoms with Gasteiger partial charge in [-0.15, -0.1) is 11.3 Å². The summed E-state index contributed by atoms with van der Waals surface area (Å²) in [6.45, 7) is 2.39. The number of aromatic nitrogens is 1. The number of methoxy groups -OCH3 is 1. The van der Waals surface area contributed by atoms with E-state index < -0.39 is 16.0 Å². The van der Waals surface area contributed by atoms with Gasteiger partial charge < -0.3 is 4.74 Å². The zero-order chi connectivity index (χ0) is 14.3. The molecule has 0 aliphatic carbocycles. The predicted molar refractivity (Wildman–Crippen MR) is 76.3 cm³/mol. The van der Waals surface area contributed by atoms with Gasteiger partial charge in [-0.25, -0.2) is 22.9 Å². The number of ether oxygens (including phenoxy) is 1. The summed E-state index contributed by atoms with van der Waals surface area (Å²) >= 11 is 2.65. The lowest BCUT2D eigenvalue weighted by atomic mass is 10.5. The zero-order valence-electron chi connectivity index (χ0n) is 10.7. The van der Waals surface area contributed by atoms with Crippen LogP contribution in [0.5, 0.6) is 0 Å². The summed E-state index contributed by atoms with van der Waals surface area (Å²) in [5.74, 6) is 1.16. The van der Waals surface area contributed by atoms with Crippen molar-refractivity contribution in [2.75, 3.05) is 25.2 Å². The molecule has 1 heterocycles. The molecule has 0 bridgehead atoms. The van der Waals surface area contributed by atoms with E-state index in [1.807, 2.05) is 0 Å². The van der Waals surface area contributed by atoms with Gasteiger partial charge in [-0.1, -0.05) is 6.92 Å². The summed E-state index contributed by atoms with van der Waals surface area (Å²) in [5, 5.41) is 0. The molecule has 0 radical (unpaired) electrons. The lowest BCUT2D eigenvalue weighted by Gasteiger charge is -2.05. The van der Waals surface area contributed by atoms with Gasteiger partial charge in [0, 0.05) is 6.54 Å². The molecule has 0 aromatic carbocycles. The van der Waals surface area contributed by atoms with Crippen molar-refractivity contribution >= 4 is 39.1 Å². The summed E-state index contributed by atoms with van der Waals surface area (Å²) in [7, 11) is -2.51. The van der Waals surface area contributed by atoms with Gasteiger partial charge >= 0.3 is 5.97 Å². The molecule has 0 spiro atoms. The van der Waals surface area contributed by atoms with Gasteiger partial charge in [-0.2, -0.15) is 11.8 Å². The lowest BCUT2D eigenvalue weighted by molar-refractivity contribution is 0.0590. The van der Waals surface area contributed by atoms with E-state index in [1.165, 1.54) is 12.6 Å². The molecule has 0 fully saturated rings. The average molecular weight is 324 g/mol. The summed E-state index contributed by atoms with van der Waals surface area (Å²) in [5.41, 5.74) is 1.15. The highest BCUT2D eigenvalue weighted by atomic mass is 32.2. The number of carbonyl (C=O) groups excluding carboxylic acids is 1. The number of nitrogens with one attached hydrogen (secondary N) is 1. The van der Waals surface area contributed by atoms with Crippen LogP contribution in [0.1, 0.15) is 23.8 Å². The smallest absolute Gasteiger partial charge is 0.358 e. The average Bonchev–Trinajstić information content (AvgIpc) is 2.87. The molecule has 1 rings (SSSR count). The van der Waals surface area contributed by atoms with Crippen molar-refractivity contribution in [3.8, 4) is 0 Å². The van der Waals surface area contributed by atoms with E-state index in [0.29, 0.717) is 6.54 Å². The number of hydrogen-bond acceptors (Lipinski definition) is 7. The highest BCUT2D eigenvalue weighted by Crippen LogP contribution is 2.20. The van der Waals surface area contributed by atoms with Crippen LogP contribution in [0, 0.1) is 0 Å². The van der Waals surface area contributed by atoms with Crippen molar-refractivity contribution in [2.45, 2.75) is 17.6 Å². The molecule has 1 N–H and O–H groups in total. The number of hydrogen-bond donors (Lipinski definition) is 1. The Balaban J connectivity index is 2.67. The SMILES string of the molecule is CCSCCCNS(=O)(=O)c1scnc1C(=O)OC. The number of rotatable bonds is 8. The van der Waals surface area contributed by atoms with Crippen molar-refractivity contribution in [1.82, 2.24) is 9.71 Å². The molecular formula is C10H16N2O4S3. The summed E-state index contributed by atoms with van der Waals surface area (Å²) < 4.78 is 30.9. The summed E-state index contributed by atoms with van der Waals surface area (Å²) in [6, 6.07) is 0. The minimum atomic E-state index is -3.69. The van der Waals surface area contributed by atoms with Crippen LogP contribution in [0.2, 0.25) is 0 Å². The van der Waals surface area contributed by atoms with Gasteiger partial charge in [0.25, 0.3) is 10.0 Å². The third-order valence-corrected chi connectivity index (χ3v) is 5.94. The third kappa shape index (κ3) is 4.75. The van der Waals surface area contributed by atoms with Crippen LogP contribution in [-0.2, 0) is 14.8 Å². The van der Waals surface area contributed by atoms with E-state index in [9.17, 15) is 13.2 Å². The molecule has 19 heavy (non-hydrogen) atoms. The van der Waals surface area contributed by atoms with Crippen LogP contribution < -0.4 is 4.72 Å². The Morgan fingerprint density at radius 1 is 1.58 bits per heavy atom. The Labute approximate surface area is 121 Å². The predicted octanol–water partition coefficient (Wildman–Crippen LogP) is 1.35. The van der Waals surface area contributed by atoms with E-state index in [-0.39, 0.29) is 9.90 Å². The minimum Gasteiger partial charge on any atom is -0.464 e. The molecule has 0 aliphatic heterocycles. The largest absolute Gasteiger partial charge is 0.464 e. The number of thioether (sulfide) groups is 1. The van der Waals surface area contributed by atoms with Crippen molar-refractivity contribution < 1.29 is 17.9 Å². The van der Waals surface area contributed by atoms with Crippen molar-refractivity contribution in [3.63, 3.8) is 0 Å². The Hall–Kier alpha value is -0.640. The number of nitrogens with zero attached hydrogens (tertiary/aromatic N) is 1. The summed E-state index contributed by atoms with van der Waals surface area (Å²) in [4.78, 5) is 15.1. The maximum Gasteiger partial charge on any atom is 0.358 e. The van der Waals surface area contributed by atoms with Crippen molar-refractivity contribution in [1.29, 1.82) is 0 Å². The van der Waals surface area contributed by atoms with E-state index in [1.54, 1.807) is 11.8 Å². The van der Waals surface area contributed by atoms with Gasteiger partial charge in [0.2, 0.25) is 0 Å². The van der Waals surface area contributed by atoms with Gasteiger partial charge in [-0.05, 0) is 17.9 Å². The van der Waals surface area contributed by atoms with Gasteiger partial charge in [0.05, 0.1) is 12.6 Å². The number of thiazole rings is 1. The molecule has 108 valence electrons. The first-order valence-corrected chi connectivity index (χ1v) is 9.14. The molecule has 0 saturated heterocycles. The standard InChI is InChI=1S/C10H16N2O4S3/c1-3-17-6-4-5-12-19(14,15)10-8(9(13)16-2)11-7-18-10/h7,12H,3-6H2,1-2H3. The van der Waals surface area contributed by atoms with Crippen molar-refractivity contribution in [3.05, 3.63) is 11.2 Å². The topological polar surface area (TPSA) is 85.4 Å². The normalized spacial score (nSPS) is 11.5. The quantitative estimate of drug-likeness (QED) is 0.574. The fraction of sp³-hybridized carbons (Fsp3) is 0.600. The van der Waals surface area contributed by atoms with Crippen molar-refractivity contribution in [2.24, 2.45) is 0 Å². The maximum atomic E-state index is 12.0. The molecular weight excluding hydrogens is 308 g/mol. The fourth-order valence-corrected chi connectivity index (χ4v) is 4.14. The Kier molecular flexibility index (Phi) is 6.76. The second kappa shape index (κ2) is 7.83. The Morgan fingerprint density at radius 2 is 2.32 bits per heavy atom. The van der Waals surface area contributed by atoms with E-state index in [0.717, 1.165) is 29.3 Å². The van der Waals surface area contributed by atoms with Crippen LogP contribution in [0.25, 0.3) is 0 Å². The lowest BCUT2D eigenvalue weighted by Crippen LogP contribution is -2.26. The molecule has 0 amide bonds. The van der Waals surface area contributed by atoms with Crippen LogP contribution in [0.15, 0.2) is 9.72 Å². The zero-order valence-corrected chi connectivity index (χ0v) is 13.2. The summed E-state index contributed by atoms with van der Waals surface area (Å²) in [6.07, 6.45) is 0.740. The molecule has 0 unspecified atom stereocenters. The van der Waals surface area contributed by atoms with Gasteiger partial charge in [-0.3, -0.25) is 0 Å². The van der Waals surface area contributed by atoms with Gasteiger partial charge in [0.15, 0.2) is 9.90 Å². The van der Waals surface area contributed by atoms with E-state index in [2.05, 4.69) is 21.4 Å². The second-order valence-corrected chi connectivity index (χ2v) is 7.64. The molecule has 0 saturated carbocycles. The highest BCUT2D eigenvalue weighted by Gasteiger charge is 2.25. The number of esters is 1. The van der Waals surface area contributed by atoms with Crippen LogP contribution in [0.4, 0.5) is 0 Å². The minimum absolute atomic E-state index is 0.0949. The molecule has 0 aliphatic rings. The first kappa shape index (κ1) is 16.4. The first-order chi connectivity index (χ1) is 9.03. The van der Waals surface area contributed by atoms with E-state index in [4.69, 9.17) is 0 Å². The molecule has 6 nitrogen and oxygen atoms in total. The van der Waals surface area contributed by atoms with Gasteiger partial charge in [0.1, 0.15) is 0 Å². The Morgan fingerprint density at radius 3 is 2.95 bits per heavy atom. The molecule has 1 aromatic rings. The molecule has 9 heteroatoms. The second-order valence-electron chi connectivity index (χ2n) is 3.43. The number of carbonyl (C=O) groups is 1. The van der Waals surface area contributed by atoms with Crippen LogP contribution in [-0.4, -0.2) is 44.5 Å². The third-order valence-electron chi connectivity index (χ3n) is 2.12. The van der Waals surface area contributed by atoms with Crippen LogP contribution in [0.3, 0.4) is 0 Å². The van der Waals surface area contributed by atoms with Crippen LogP contribution >= 0.6 is 23.1 Å². The monoisotopic (exact) mass is 324 g/mol. The molecule has 0 atom stereocenters. The maximum absolute atomic E-state index is 12.0. The molecule has 1 aromatic heterocycles. The number of sulfonamides is 1. The first-order valence-electron chi connectivity index (χ1n) is 5.62. The Bertz CT molecular complexity index is 513. The fourth-order valence-electron chi connectivity index (χ4n) is 1.25.